The fourth-order valence-electron chi connectivity index (χ4n) is 3.66. The number of aliphatic imine (C=N–C) groups is 1. The molecule has 152 valence electrons. The van der Waals surface area contributed by atoms with E-state index in [0.29, 0.717) is 25.7 Å². The number of rotatable bonds is 6. The van der Waals surface area contributed by atoms with Gasteiger partial charge in [0.1, 0.15) is 0 Å². The first kappa shape index (κ1) is 23.3. The monoisotopic (exact) mass is 481 g/mol. The fourth-order valence-corrected chi connectivity index (χ4v) is 3.66. The van der Waals surface area contributed by atoms with Crippen LogP contribution in [0.4, 0.5) is 4.79 Å². The van der Waals surface area contributed by atoms with Gasteiger partial charge in [-0.1, -0.05) is 6.92 Å². The van der Waals surface area contributed by atoms with E-state index in [-0.39, 0.29) is 36.1 Å². The van der Waals surface area contributed by atoms with Crippen LogP contribution in [0.15, 0.2) is 4.99 Å². The molecule has 8 heteroatoms. The van der Waals surface area contributed by atoms with Crippen LogP contribution in [0, 0.1) is 5.92 Å². The molecule has 2 rings (SSSR count). The van der Waals surface area contributed by atoms with E-state index in [9.17, 15) is 4.79 Å². The highest BCUT2D eigenvalue weighted by Crippen LogP contribution is 2.15. The smallest absolute Gasteiger partial charge is 0.409 e. The number of ether oxygens (including phenoxy) is 1. The van der Waals surface area contributed by atoms with Gasteiger partial charge in [0.05, 0.1) is 6.61 Å². The molecule has 0 saturated carbocycles. The van der Waals surface area contributed by atoms with Crippen molar-refractivity contribution in [1.29, 1.82) is 0 Å². The van der Waals surface area contributed by atoms with Gasteiger partial charge >= 0.3 is 6.09 Å². The average Bonchev–Trinajstić information content (AvgIpc) is 2.60. The third-order valence-corrected chi connectivity index (χ3v) is 5.03. The quantitative estimate of drug-likeness (QED) is 0.263. The molecule has 0 aromatic heterocycles. The summed E-state index contributed by atoms with van der Waals surface area (Å²) in [5.74, 6) is 1.35. The second-order valence-corrected chi connectivity index (χ2v) is 7.27. The summed E-state index contributed by atoms with van der Waals surface area (Å²) in [4.78, 5) is 20.4. The number of hydrogen-bond donors (Lipinski definition) is 2. The fraction of sp³-hybridized carbons (Fsp3) is 0.889. The Morgan fingerprint density at radius 1 is 1.27 bits per heavy atom. The van der Waals surface area contributed by atoms with Crippen molar-refractivity contribution in [3.05, 3.63) is 0 Å². The molecule has 26 heavy (non-hydrogen) atoms. The predicted octanol–water partition coefficient (Wildman–Crippen LogP) is 2.25. The molecule has 0 aromatic carbocycles. The van der Waals surface area contributed by atoms with Gasteiger partial charge in [0.2, 0.25) is 0 Å². The summed E-state index contributed by atoms with van der Waals surface area (Å²) in [6.45, 7) is 10.3. The summed E-state index contributed by atoms with van der Waals surface area (Å²) in [6, 6.07) is 0.289. The Morgan fingerprint density at radius 3 is 2.65 bits per heavy atom. The largest absolute Gasteiger partial charge is 0.450 e. The number of amides is 1. The van der Waals surface area contributed by atoms with Crippen molar-refractivity contribution >= 4 is 36.0 Å². The lowest BCUT2D eigenvalue weighted by atomic mass is 10.0. The van der Waals surface area contributed by atoms with Crippen LogP contribution in [0.1, 0.15) is 46.0 Å². The Bertz CT molecular complexity index is 441. The third-order valence-electron chi connectivity index (χ3n) is 5.03. The topological polar surface area (TPSA) is 83.2 Å². The first-order chi connectivity index (χ1) is 12.1. The molecule has 2 fully saturated rings. The molecule has 2 heterocycles. The van der Waals surface area contributed by atoms with E-state index >= 15 is 0 Å². The maximum absolute atomic E-state index is 11.7. The van der Waals surface area contributed by atoms with Crippen LogP contribution in [-0.2, 0) is 4.74 Å². The number of nitrogens with two attached hydrogens (primary N) is 1. The molecule has 1 unspecified atom stereocenters. The number of piperidine rings is 2. The van der Waals surface area contributed by atoms with Crippen LogP contribution in [0.5, 0.6) is 0 Å². The average molecular weight is 481 g/mol. The lowest BCUT2D eigenvalue weighted by Gasteiger charge is -2.32. The van der Waals surface area contributed by atoms with Gasteiger partial charge in [-0.25, -0.2) is 4.79 Å². The molecular weight excluding hydrogens is 445 g/mol. The first-order valence-electron chi connectivity index (χ1n) is 9.79. The minimum absolute atomic E-state index is 0. The van der Waals surface area contributed by atoms with E-state index in [2.05, 4.69) is 22.1 Å². The summed E-state index contributed by atoms with van der Waals surface area (Å²) < 4.78 is 5.03. The van der Waals surface area contributed by atoms with Gasteiger partial charge in [-0.3, -0.25) is 4.99 Å². The Kier molecular flexibility index (Phi) is 11.3. The van der Waals surface area contributed by atoms with Gasteiger partial charge in [0.15, 0.2) is 5.96 Å². The van der Waals surface area contributed by atoms with E-state index in [1.807, 2.05) is 6.92 Å². The van der Waals surface area contributed by atoms with Crippen molar-refractivity contribution in [2.75, 3.05) is 45.9 Å². The van der Waals surface area contributed by atoms with Crippen LogP contribution >= 0.6 is 24.0 Å². The summed E-state index contributed by atoms with van der Waals surface area (Å²) in [6.07, 6.45) is 5.27. The molecule has 0 aliphatic carbocycles. The molecule has 0 aromatic rings. The maximum atomic E-state index is 11.7. The highest BCUT2D eigenvalue weighted by molar-refractivity contribution is 14.0. The Hall–Kier alpha value is -0.770. The summed E-state index contributed by atoms with van der Waals surface area (Å²) in [5.41, 5.74) is 6.01. The van der Waals surface area contributed by atoms with Crippen molar-refractivity contribution < 1.29 is 9.53 Å². The Balaban J connectivity index is 0.00000338. The van der Waals surface area contributed by atoms with Crippen LogP contribution in [0.2, 0.25) is 0 Å². The van der Waals surface area contributed by atoms with Crippen molar-refractivity contribution in [2.45, 2.75) is 52.0 Å². The van der Waals surface area contributed by atoms with Crippen LogP contribution in [0.3, 0.4) is 0 Å². The van der Waals surface area contributed by atoms with E-state index < -0.39 is 0 Å². The molecule has 0 bridgehead atoms. The predicted molar refractivity (Wildman–Crippen MR) is 116 cm³/mol. The van der Waals surface area contributed by atoms with Gasteiger partial charge in [0.25, 0.3) is 0 Å². The molecule has 2 aliphatic heterocycles. The first-order valence-corrected chi connectivity index (χ1v) is 9.79. The lowest BCUT2D eigenvalue weighted by molar-refractivity contribution is 0.0963. The molecule has 3 N–H and O–H groups in total. The number of nitrogens with zero attached hydrogens (tertiary/aromatic N) is 3. The molecule has 1 amide bonds. The van der Waals surface area contributed by atoms with Crippen LogP contribution < -0.4 is 11.1 Å². The number of guanidine groups is 1. The number of nitrogens with one attached hydrogen (secondary N) is 1. The number of carbonyl (C=O) groups excluding carboxylic acids is 1. The van der Waals surface area contributed by atoms with E-state index in [1.165, 1.54) is 25.9 Å². The SMILES string of the molecule is CCOC(=O)N1CCC(NC(N)=NCCCN2CCCC(C)C2)CC1.I. The molecule has 0 radical (unpaired) electrons. The Labute approximate surface area is 175 Å². The standard InChI is InChI=1S/C18H35N5O2.HI/c1-3-25-18(24)23-12-7-16(8-13-23)21-17(19)20-9-5-11-22-10-4-6-15(2)14-22;/h15-16H,3-14H2,1-2H3,(H3,19,20,21);1H. The van der Waals surface area contributed by atoms with Gasteiger partial charge in [-0.15, -0.1) is 24.0 Å². The zero-order valence-corrected chi connectivity index (χ0v) is 18.6. The van der Waals surface area contributed by atoms with Gasteiger partial charge < -0.3 is 25.6 Å². The zero-order chi connectivity index (χ0) is 18.1. The van der Waals surface area contributed by atoms with E-state index in [1.54, 1.807) is 4.90 Å². The number of carbonyl (C=O) groups is 1. The summed E-state index contributed by atoms with van der Waals surface area (Å²) in [5, 5.41) is 3.29. The third kappa shape index (κ3) is 8.28. The van der Waals surface area contributed by atoms with Crippen LogP contribution in [-0.4, -0.2) is 73.8 Å². The summed E-state index contributed by atoms with van der Waals surface area (Å²) >= 11 is 0. The van der Waals surface area contributed by atoms with Gasteiger partial charge in [0, 0.05) is 32.2 Å². The van der Waals surface area contributed by atoms with Gasteiger partial charge in [-0.05, 0) is 58.0 Å². The van der Waals surface area contributed by atoms with Crippen molar-refractivity contribution in [3.8, 4) is 0 Å². The molecule has 2 saturated heterocycles. The lowest BCUT2D eigenvalue weighted by Crippen LogP contribution is -2.48. The summed E-state index contributed by atoms with van der Waals surface area (Å²) in [7, 11) is 0. The second-order valence-electron chi connectivity index (χ2n) is 7.27. The maximum Gasteiger partial charge on any atom is 0.409 e. The molecular formula is C18H36IN5O2. The molecule has 0 spiro atoms. The molecule has 7 nitrogen and oxygen atoms in total. The normalized spacial score (nSPS) is 22.6. The number of halogens is 1. The minimum atomic E-state index is -0.213. The molecule has 1 atom stereocenters. The van der Waals surface area contributed by atoms with Gasteiger partial charge in [-0.2, -0.15) is 0 Å². The number of likely N-dealkylation sites (tertiary alicyclic amines) is 2. The highest BCUT2D eigenvalue weighted by Gasteiger charge is 2.23. The Morgan fingerprint density at radius 2 is 2.00 bits per heavy atom. The van der Waals surface area contributed by atoms with E-state index in [0.717, 1.165) is 38.3 Å². The van der Waals surface area contributed by atoms with Crippen molar-refractivity contribution in [1.82, 2.24) is 15.1 Å². The highest BCUT2D eigenvalue weighted by atomic mass is 127. The second kappa shape index (κ2) is 12.6. The molecule has 2 aliphatic rings. The van der Waals surface area contributed by atoms with E-state index in [4.69, 9.17) is 10.5 Å². The minimum Gasteiger partial charge on any atom is -0.450 e. The van der Waals surface area contributed by atoms with Crippen molar-refractivity contribution in [2.24, 2.45) is 16.6 Å². The number of hydrogen-bond acceptors (Lipinski definition) is 4. The van der Waals surface area contributed by atoms with Crippen molar-refractivity contribution in [3.63, 3.8) is 0 Å². The zero-order valence-electron chi connectivity index (χ0n) is 16.3. The van der Waals surface area contributed by atoms with Crippen LogP contribution in [0.25, 0.3) is 0 Å².